The van der Waals surface area contributed by atoms with Gasteiger partial charge in [0.25, 0.3) is 0 Å². The zero-order valence-electron chi connectivity index (χ0n) is 9.58. The van der Waals surface area contributed by atoms with E-state index in [4.69, 9.17) is 11.6 Å². The molecule has 0 aromatic rings. The molecular weight excluding hydrogens is 232 g/mol. The van der Waals surface area contributed by atoms with E-state index in [9.17, 15) is 8.42 Å². The summed E-state index contributed by atoms with van der Waals surface area (Å²) in [5.74, 6) is 1.66. The lowest BCUT2D eigenvalue weighted by Gasteiger charge is -2.31. The van der Waals surface area contributed by atoms with Crippen LogP contribution in [0.5, 0.6) is 0 Å². The van der Waals surface area contributed by atoms with Crippen molar-refractivity contribution < 1.29 is 8.42 Å². The van der Waals surface area contributed by atoms with Crippen molar-refractivity contribution in [3.8, 4) is 0 Å². The Bertz CT molecular complexity index is 287. The first-order chi connectivity index (χ1) is 6.94. The first-order valence-corrected chi connectivity index (χ1v) is 8.05. The second-order valence-electron chi connectivity index (χ2n) is 4.72. The van der Waals surface area contributed by atoms with E-state index in [0.717, 1.165) is 19.3 Å². The van der Waals surface area contributed by atoms with Crippen LogP contribution in [0.15, 0.2) is 0 Å². The van der Waals surface area contributed by atoms with Crippen LogP contribution in [0.25, 0.3) is 0 Å². The van der Waals surface area contributed by atoms with Gasteiger partial charge in [0.2, 0.25) is 0 Å². The van der Waals surface area contributed by atoms with Crippen molar-refractivity contribution in [3.63, 3.8) is 0 Å². The van der Waals surface area contributed by atoms with E-state index in [1.807, 2.05) is 0 Å². The van der Waals surface area contributed by atoms with E-state index in [1.54, 1.807) is 6.92 Å². The smallest absolute Gasteiger partial charge is 0.150 e. The highest BCUT2D eigenvalue weighted by atomic mass is 35.5. The summed E-state index contributed by atoms with van der Waals surface area (Å²) in [7, 11) is -2.82. The fraction of sp³-hybridized carbons (Fsp3) is 1.00. The van der Waals surface area contributed by atoms with Gasteiger partial charge in [0.05, 0.1) is 5.75 Å². The van der Waals surface area contributed by atoms with Crippen molar-refractivity contribution in [1.82, 2.24) is 0 Å². The van der Waals surface area contributed by atoms with E-state index in [-0.39, 0.29) is 11.1 Å². The van der Waals surface area contributed by atoms with Crippen LogP contribution in [0, 0.1) is 11.8 Å². The Hall–Kier alpha value is 0.240. The largest absolute Gasteiger partial charge is 0.229 e. The number of rotatable bonds is 4. The van der Waals surface area contributed by atoms with Gasteiger partial charge in [0.15, 0.2) is 0 Å². The molecule has 0 spiro atoms. The Morgan fingerprint density at radius 3 is 2.60 bits per heavy atom. The van der Waals surface area contributed by atoms with Crippen LogP contribution < -0.4 is 0 Å². The molecule has 0 aromatic carbocycles. The lowest BCUT2D eigenvalue weighted by Crippen LogP contribution is -2.26. The Morgan fingerprint density at radius 2 is 2.00 bits per heavy atom. The molecule has 0 amide bonds. The molecule has 1 aliphatic carbocycles. The van der Waals surface area contributed by atoms with Gasteiger partial charge in [-0.15, -0.1) is 11.6 Å². The summed E-state index contributed by atoms with van der Waals surface area (Å²) in [5, 5.41) is 0.188. The Balaban J connectivity index is 2.43. The minimum Gasteiger partial charge on any atom is -0.229 e. The van der Waals surface area contributed by atoms with Crippen molar-refractivity contribution in [1.29, 1.82) is 0 Å². The molecule has 1 rings (SSSR count). The number of halogens is 1. The minimum absolute atomic E-state index is 0.188. The lowest BCUT2D eigenvalue weighted by atomic mass is 9.81. The Morgan fingerprint density at radius 1 is 1.33 bits per heavy atom. The fourth-order valence-electron chi connectivity index (χ4n) is 2.24. The molecule has 3 atom stereocenters. The third-order valence-corrected chi connectivity index (χ3v) is 5.70. The highest BCUT2D eigenvalue weighted by molar-refractivity contribution is 7.91. The van der Waals surface area contributed by atoms with Crippen molar-refractivity contribution in [2.45, 2.75) is 44.9 Å². The maximum Gasteiger partial charge on any atom is 0.150 e. The van der Waals surface area contributed by atoms with Gasteiger partial charge < -0.3 is 0 Å². The summed E-state index contributed by atoms with van der Waals surface area (Å²) in [4.78, 5) is 0. The molecule has 3 unspecified atom stereocenters. The number of sulfone groups is 1. The maximum absolute atomic E-state index is 11.4. The molecule has 2 nitrogen and oxygen atoms in total. The third kappa shape index (κ3) is 4.31. The highest BCUT2D eigenvalue weighted by Gasteiger charge is 2.27. The molecule has 0 saturated heterocycles. The summed E-state index contributed by atoms with van der Waals surface area (Å²) in [6.07, 6.45) is 4.06. The van der Waals surface area contributed by atoms with Crippen molar-refractivity contribution in [2.24, 2.45) is 11.8 Å². The topological polar surface area (TPSA) is 34.1 Å². The van der Waals surface area contributed by atoms with Gasteiger partial charge in [-0.3, -0.25) is 0 Å². The standard InChI is InChI=1S/C11H21ClO2S/c1-3-15(13,14)7-6-10-8-9(2)4-5-11(10)12/h9-11H,3-8H2,1-2H3. The molecule has 90 valence electrons. The van der Waals surface area contributed by atoms with Crippen LogP contribution in [0.3, 0.4) is 0 Å². The SMILES string of the molecule is CCS(=O)(=O)CCC1CC(C)CCC1Cl. The normalized spacial score (nSPS) is 32.9. The van der Waals surface area contributed by atoms with Crippen LogP contribution in [0.2, 0.25) is 0 Å². The van der Waals surface area contributed by atoms with Gasteiger partial charge in [-0.05, 0) is 37.5 Å². The van der Waals surface area contributed by atoms with Crippen molar-refractivity contribution in [2.75, 3.05) is 11.5 Å². The van der Waals surface area contributed by atoms with Crippen molar-refractivity contribution >= 4 is 21.4 Å². The van der Waals surface area contributed by atoms with Gasteiger partial charge in [-0.1, -0.05) is 13.8 Å². The van der Waals surface area contributed by atoms with Crippen molar-refractivity contribution in [3.05, 3.63) is 0 Å². The van der Waals surface area contributed by atoms with Gasteiger partial charge >= 0.3 is 0 Å². The van der Waals surface area contributed by atoms with Crippen LogP contribution in [-0.4, -0.2) is 25.3 Å². The molecule has 0 heterocycles. The Kier molecular flexibility index (Phi) is 4.91. The van der Waals surface area contributed by atoms with E-state index >= 15 is 0 Å². The molecule has 15 heavy (non-hydrogen) atoms. The van der Waals surface area contributed by atoms with E-state index in [1.165, 1.54) is 6.42 Å². The van der Waals surface area contributed by atoms with Crippen LogP contribution in [-0.2, 0) is 9.84 Å². The molecule has 1 aliphatic rings. The predicted molar refractivity (Wildman–Crippen MR) is 65.1 cm³/mol. The summed E-state index contributed by atoms with van der Waals surface area (Å²) in [6, 6.07) is 0. The Labute approximate surface area is 98.3 Å². The molecule has 0 aromatic heterocycles. The first-order valence-electron chi connectivity index (χ1n) is 5.79. The molecule has 0 bridgehead atoms. The monoisotopic (exact) mass is 252 g/mol. The van der Waals surface area contributed by atoms with Gasteiger partial charge in [0.1, 0.15) is 9.84 Å². The quantitative estimate of drug-likeness (QED) is 0.721. The molecule has 1 fully saturated rings. The van der Waals surface area contributed by atoms with Crippen LogP contribution >= 0.6 is 11.6 Å². The number of hydrogen-bond donors (Lipinski definition) is 0. The number of hydrogen-bond acceptors (Lipinski definition) is 2. The molecule has 0 aliphatic heterocycles. The lowest BCUT2D eigenvalue weighted by molar-refractivity contribution is 0.283. The second-order valence-corrected chi connectivity index (χ2v) is 7.75. The van der Waals surface area contributed by atoms with Crippen LogP contribution in [0.1, 0.15) is 39.5 Å². The maximum atomic E-state index is 11.4. The zero-order valence-corrected chi connectivity index (χ0v) is 11.1. The van der Waals surface area contributed by atoms with Gasteiger partial charge in [0, 0.05) is 11.1 Å². The average Bonchev–Trinajstić information content (AvgIpc) is 2.20. The molecule has 0 radical (unpaired) electrons. The summed E-state index contributed by atoms with van der Waals surface area (Å²) in [6.45, 7) is 3.93. The average molecular weight is 253 g/mol. The van der Waals surface area contributed by atoms with Gasteiger partial charge in [-0.25, -0.2) is 8.42 Å². The van der Waals surface area contributed by atoms with Gasteiger partial charge in [-0.2, -0.15) is 0 Å². The fourth-order valence-corrected chi connectivity index (χ4v) is 3.54. The molecule has 4 heteroatoms. The summed E-state index contributed by atoms with van der Waals surface area (Å²) < 4.78 is 22.8. The van der Waals surface area contributed by atoms with Crippen LogP contribution in [0.4, 0.5) is 0 Å². The highest BCUT2D eigenvalue weighted by Crippen LogP contribution is 2.34. The van der Waals surface area contributed by atoms with E-state index < -0.39 is 9.84 Å². The summed E-state index contributed by atoms with van der Waals surface area (Å²) >= 11 is 6.23. The molecule has 1 saturated carbocycles. The zero-order chi connectivity index (χ0) is 11.5. The van der Waals surface area contributed by atoms with E-state index in [2.05, 4.69) is 6.92 Å². The third-order valence-electron chi connectivity index (χ3n) is 3.39. The molecule has 0 N–H and O–H groups in total. The minimum atomic E-state index is -2.82. The number of alkyl halides is 1. The predicted octanol–water partition coefficient (Wildman–Crippen LogP) is 2.85. The van der Waals surface area contributed by atoms with E-state index in [0.29, 0.717) is 17.6 Å². The first kappa shape index (κ1) is 13.3. The molecular formula is C11H21ClO2S. The second kappa shape index (κ2) is 5.53. The summed E-state index contributed by atoms with van der Waals surface area (Å²) in [5.41, 5.74) is 0.